The van der Waals surface area contributed by atoms with Crippen LogP contribution in [0, 0.1) is 11.8 Å². The molecule has 0 saturated carbocycles. The Morgan fingerprint density at radius 2 is 1.37 bits per heavy atom. The maximum atomic E-state index is 12.8. The highest BCUT2D eigenvalue weighted by Gasteiger charge is 2.02. The van der Waals surface area contributed by atoms with Gasteiger partial charge in [-0.15, -0.1) is 0 Å². The molecule has 30 heavy (non-hydrogen) atoms. The summed E-state index contributed by atoms with van der Waals surface area (Å²) in [5.74, 6) is 7.13. The Kier molecular flexibility index (Phi) is 7.86. The molecule has 0 aliphatic heterocycles. The Morgan fingerprint density at radius 3 is 1.87 bits per heavy atom. The summed E-state index contributed by atoms with van der Waals surface area (Å²) in [7, 11) is 0. The van der Waals surface area contributed by atoms with E-state index in [9.17, 15) is 4.39 Å². The van der Waals surface area contributed by atoms with Crippen LogP contribution in [-0.4, -0.2) is 12.8 Å². The summed E-state index contributed by atoms with van der Waals surface area (Å²) in [6.45, 7) is 5.76. The lowest BCUT2D eigenvalue weighted by Gasteiger charge is -2.07. The number of halogens is 1. The van der Waals surface area contributed by atoms with Crippen LogP contribution >= 0.6 is 0 Å². The Bertz CT molecular complexity index is 988. The summed E-state index contributed by atoms with van der Waals surface area (Å²) >= 11 is 0. The third-order valence-electron chi connectivity index (χ3n) is 4.80. The molecule has 0 bridgehead atoms. The molecule has 0 fully saturated rings. The molecule has 1 atom stereocenters. The summed E-state index contributed by atoms with van der Waals surface area (Å²) < 4.78 is 18.3. The zero-order chi connectivity index (χ0) is 21.2. The van der Waals surface area contributed by atoms with Crippen LogP contribution in [-0.2, 0) is 0 Å². The lowest BCUT2D eigenvalue weighted by atomic mass is 9.99. The number of hydrogen-bond donors (Lipinski definition) is 0. The highest BCUT2D eigenvalue weighted by Crippen LogP contribution is 2.26. The minimum absolute atomic E-state index is 0.511. The van der Waals surface area contributed by atoms with E-state index in [4.69, 9.17) is 4.74 Å². The van der Waals surface area contributed by atoms with Crippen LogP contribution in [0.3, 0.4) is 0 Å². The van der Waals surface area contributed by atoms with E-state index in [-0.39, 0.29) is 0 Å². The first-order valence-corrected chi connectivity index (χ1v) is 10.3. The smallest absolute Gasteiger partial charge is 0.119 e. The Balaban J connectivity index is 1.62. The second-order valence-corrected chi connectivity index (χ2v) is 7.25. The van der Waals surface area contributed by atoms with Crippen molar-refractivity contribution in [3.05, 3.63) is 91.0 Å². The zero-order valence-electron chi connectivity index (χ0n) is 17.4. The average Bonchev–Trinajstić information content (AvgIpc) is 2.78. The third kappa shape index (κ3) is 6.36. The number of hydrogen-bond acceptors (Lipinski definition) is 1. The molecule has 1 nitrogen and oxygen atoms in total. The van der Waals surface area contributed by atoms with E-state index in [1.54, 1.807) is 13.0 Å². The van der Waals surface area contributed by atoms with Gasteiger partial charge in [0.05, 0.1) is 6.17 Å². The van der Waals surface area contributed by atoms with E-state index in [0.29, 0.717) is 13.0 Å². The minimum Gasteiger partial charge on any atom is -0.490 e. The number of ether oxygens (including phenoxy) is 1. The molecule has 2 heteroatoms. The zero-order valence-corrected chi connectivity index (χ0v) is 17.4. The topological polar surface area (TPSA) is 9.23 Å². The van der Waals surface area contributed by atoms with Crippen LogP contribution in [0.15, 0.2) is 85.5 Å². The molecular weight excluding hydrogens is 371 g/mol. The van der Waals surface area contributed by atoms with Gasteiger partial charge in [-0.2, -0.15) is 0 Å². The van der Waals surface area contributed by atoms with Crippen molar-refractivity contribution < 1.29 is 9.13 Å². The molecule has 0 heterocycles. The fourth-order valence-corrected chi connectivity index (χ4v) is 3.14. The first kappa shape index (κ1) is 21.4. The van der Waals surface area contributed by atoms with Crippen molar-refractivity contribution >= 4 is 0 Å². The van der Waals surface area contributed by atoms with Gasteiger partial charge < -0.3 is 4.74 Å². The summed E-state index contributed by atoms with van der Waals surface area (Å²) in [6, 6.07) is 24.9. The monoisotopic (exact) mass is 398 g/mol. The largest absolute Gasteiger partial charge is 0.490 e. The van der Waals surface area contributed by atoms with E-state index in [0.717, 1.165) is 35.3 Å². The van der Waals surface area contributed by atoms with E-state index in [1.165, 1.54) is 11.1 Å². The summed E-state index contributed by atoms with van der Waals surface area (Å²) in [4.78, 5) is 0. The summed E-state index contributed by atoms with van der Waals surface area (Å²) in [5, 5.41) is 0. The highest BCUT2D eigenvalue weighted by atomic mass is 19.1. The van der Waals surface area contributed by atoms with Crippen molar-refractivity contribution in [2.24, 2.45) is 0 Å². The first-order valence-electron chi connectivity index (χ1n) is 10.3. The van der Waals surface area contributed by atoms with Gasteiger partial charge in [-0.3, -0.25) is 0 Å². The average molecular weight is 399 g/mol. The molecule has 0 spiro atoms. The van der Waals surface area contributed by atoms with Gasteiger partial charge in [0.25, 0.3) is 0 Å². The molecule has 0 aliphatic rings. The second-order valence-electron chi connectivity index (χ2n) is 7.25. The standard InChI is InChI=1S/C28H27FO/c1-3-21-30-28-19-17-27(18-20-28)26-15-13-25(14-16-26)24-11-9-23(10-12-24)8-6-4-5-7-22(2)29/h3,9-20,22H,1,4-5,7,21H2,2H3. The van der Waals surface area contributed by atoms with Gasteiger partial charge in [0.1, 0.15) is 12.4 Å². The molecule has 0 saturated heterocycles. The molecular formula is C28H27FO. The molecule has 0 radical (unpaired) electrons. The number of alkyl halides is 1. The van der Waals surface area contributed by atoms with Gasteiger partial charge in [-0.25, -0.2) is 4.39 Å². The molecule has 152 valence electrons. The number of rotatable bonds is 8. The van der Waals surface area contributed by atoms with Crippen LogP contribution in [0.1, 0.15) is 31.7 Å². The Morgan fingerprint density at radius 1 is 0.867 bits per heavy atom. The van der Waals surface area contributed by atoms with E-state index in [1.807, 2.05) is 24.3 Å². The van der Waals surface area contributed by atoms with Gasteiger partial charge in [0.15, 0.2) is 0 Å². The number of benzene rings is 3. The highest BCUT2D eigenvalue weighted by molar-refractivity contribution is 5.71. The summed E-state index contributed by atoms with van der Waals surface area (Å²) in [6.07, 6.45) is 3.12. The van der Waals surface area contributed by atoms with E-state index >= 15 is 0 Å². The predicted molar refractivity (Wildman–Crippen MR) is 124 cm³/mol. The lowest BCUT2D eigenvalue weighted by Crippen LogP contribution is -1.92. The van der Waals surface area contributed by atoms with Crippen molar-refractivity contribution in [3.8, 4) is 39.8 Å². The molecule has 1 unspecified atom stereocenters. The van der Waals surface area contributed by atoms with Gasteiger partial charge in [-0.05, 0) is 66.3 Å². The molecule has 0 aromatic heterocycles. The van der Waals surface area contributed by atoms with Gasteiger partial charge in [0, 0.05) is 12.0 Å². The molecule has 3 rings (SSSR count). The fraction of sp³-hybridized carbons (Fsp3) is 0.214. The normalized spacial score (nSPS) is 11.3. The quantitative estimate of drug-likeness (QED) is 0.217. The van der Waals surface area contributed by atoms with Crippen molar-refractivity contribution in [1.82, 2.24) is 0 Å². The van der Waals surface area contributed by atoms with Gasteiger partial charge in [0.2, 0.25) is 0 Å². The molecule has 3 aromatic rings. The fourth-order valence-electron chi connectivity index (χ4n) is 3.14. The van der Waals surface area contributed by atoms with Crippen LogP contribution < -0.4 is 4.74 Å². The van der Waals surface area contributed by atoms with E-state index in [2.05, 4.69) is 67.0 Å². The maximum absolute atomic E-state index is 12.8. The second kappa shape index (κ2) is 11.0. The number of unbranched alkanes of at least 4 members (excludes halogenated alkanes) is 1. The Labute approximate surface area is 179 Å². The summed E-state index contributed by atoms with van der Waals surface area (Å²) in [5.41, 5.74) is 5.63. The Hall–Kier alpha value is -3.31. The van der Waals surface area contributed by atoms with Crippen molar-refractivity contribution in [3.63, 3.8) is 0 Å². The predicted octanol–water partition coefficient (Wildman–Crippen LogP) is 7.47. The van der Waals surface area contributed by atoms with Crippen molar-refractivity contribution in [2.75, 3.05) is 6.61 Å². The first-order chi connectivity index (χ1) is 14.7. The van der Waals surface area contributed by atoms with Crippen LogP contribution in [0.25, 0.3) is 22.3 Å². The van der Waals surface area contributed by atoms with Crippen LogP contribution in [0.4, 0.5) is 4.39 Å². The molecule has 3 aromatic carbocycles. The SMILES string of the molecule is C=CCOc1ccc(-c2ccc(-c3ccc(C#CCCCC(C)F)cc3)cc2)cc1. The lowest BCUT2D eigenvalue weighted by molar-refractivity contribution is 0.336. The van der Waals surface area contributed by atoms with Crippen molar-refractivity contribution in [1.29, 1.82) is 0 Å². The minimum atomic E-state index is -0.742. The van der Waals surface area contributed by atoms with Gasteiger partial charge in [-0.1, -0.05) is 73.0 Å². The maximum Gasteiger partial charge on any atom is 0.119 e. The van der Waals surface area contributed by atoms with Gasteiger partial charge >= 0.3 is 0 Å². The van der Waals surface area contributed by atoms with Crippen LogP contribution in [0.2, 0.25) is 0 Å². The van der Waals surface area contributed by atoms with E-state index < -0.39 is 6.17 Å². The van der Waals surface area contributed by atoms with Crippen molar-refractivity contribution in [2.45, 2.75) is 32.4 Å². The molecule has 0 amide bonds. The molecule has 0 N–H and O–H groups in total. The molecule has 0 aliphatic carbocycles. The third-order valence-corrected chi connectivity index (χ3v) is 4.80. The van der Waals surface area contributed by atoms with Crippen LogP contribution in [0.5, 0.6) is 5.75 Å².